The molecule has 0 saturated heterocycles. The fraction of sp³-hybridized carbons (Fsp3) is 0.500. The van der Waals surface area contributed by atoms with Crippen molar-refractivity contribution < 1.29 is 42.5 Å². The van der Waals surface area contributed by atoms with Crippen LogP contribution < -0.4 is 5.11 Å². The molecule has 1 aliphatic rings. The molecule has 0 heterocycles. The Morgan fingerprint density at radius 1 is 1.04 bits per heavy atom. The van der Waals surface area contributed by atoms with Gasteiger partial charge in [-0.05, 0) is 49.9 Å². The molecule has 0 atom stereocenters. The van der Waals surface area contributed by atoms with Crippen molar-refractivity contribution in [2.24, 2.45) is 0 Å². The van der Waals surface area contributed by atoms with Gasteiger partial charge in [-0.1, -0.05) is 6.42 Å². The number of carboxylic acids is 1. The third-order valence-corrected chi connectivity index (χ3v) is 4.44. The molecule has 1 fully saturated rings. The predicted octanol–water partition coefficient (Wildman–Crippen LogP) is 1.69. The highest BCUT2D eigenvalue weighted by atomic mass is 19.3. The van der Waals surface area contributed by atoms with E-state index in [4.69, 9.17) is 9.47 Å². The van der Waals surface area contributed by atoms with Crippen molar-refractivity contribution in [3.63, 3.8) is 0 Å². The van der Waals surface area contributed by atoms with E-state index >= 15 is 0 Å². The summed E-state index contributed by atoms with van der Waals surface area (Å²) in [7, 11) is 1.34. The number of benzene rings is 1. The lowest BCUT2D eigenvalue weighted by atomic mass is 9.79. The van der Waals surface area contributed by atoms with Crippen LogP contribution in [0.15, 0.2) is 24.3 Å². The van der Waals surface area contributed by atoms with Gasteiger partial charge in [0.1, 0.15) is 5.97 Å². The molecule has 9 heteroatoms. The first-order valence-corrected chi connectivity index (χ1v) is 8.32. The van der Waals surface area contributed by atoms with E-state index in [0.717, 1.165) is 0 Å². The minimum atomic E-state index is -4.31. The van der Waals surface area contributed by atoms with E-state index in [1.54, 1.807) is 0 Å². The van der Waals surface area contributed by atoms with Crippen molar-refractivity contribution in [3.05, 3.63) is 35.4 Å². The van der Waals surface area contributed by atoms with Gasteiger partial charge in [0, 0.05) is 7.11 Å². The topological polar surface area (TPSA) is 102 Å². The van der Waals surface area contributed by atoms with Gasteiger partial charge < -0.3 is 24.1 Å². The number of esters is 2. The quantitative estimate of drug-likeness (QED) is 0.520. The van der Waals surface area contributed by atoms with E-state index in [-0.39, 0.29) is 30.8 Å². The number of ether oxygens (including phenoxy) is 3. The Kier molecular flexibility index (Phi) is 6.48. The monoisotopic (exact) mass is 385 g/mol. The Morgan fingerprint density at radius 2 is 1.56 bits per heavy atom. The summed E-state index contributed by atoms with van der Waals surface area (Å²) in [6.45, 7) is -0.247. The molecule has 7 nitrogen and oxygen atoms in total. The van der Waals surface area contributed by atoms with Crippen LogP contribution in [0.2, 0.25) is 0 Å². The zero-order valence-corrected chi connectivity index (χ0v) is 14.7. The number of carboxylic acid groups (broad SMARTS) is 1. The smallest absolute Gasteiger partial charge is 0.340 e. The molecule has 0 aliphatic heterocycles. The number of carbonyl (C=O) groups is 3. The van der Waals surface area contributed by atoms with Crippen LogP contribution in [-0.2, 0) is 19.0 Å². The molecule has 0 N–H and O–H groups in total. The van der Waals surface area contributed by atoms with Gasteiger partial charge in [-0.3, -0.25) is 0 Å². The molecule has 0 aromatic heterocycles. The van der Waals surface area contributed by atoms with Crippen LogP contribution in [-0.4, -0.2) is 43.3 Å². The van der Waals surface area contributed by atoms with Gasteiger partial charge in [0.05, 0.1) is 11.1 Å². The van der Waals surface area contributed by atoms with Crippen molar-refractivity contribution in [1.29, 1.82) is 0 Å². The summed E-state index contributed by atoms with van der Waals surface area (Å²) < 4.78 is 42.8. The summed E-state index contributed by atoms with van der Waals surface area (Å²) in [6.07, 6.45) is 0.698. The number of alkyl halides is 2. The molecule has 1 aromatic rings. The number of hydrogen-bond acceptors (Lipinski definition) is 7. The largest absolute Gasteiger partial charge is 0.544 e. The first kappa shape index (κ1) is 20.8. The Balaban J connectivity index is 2.18. The zero-order chi connectivity index (χ0) is 20.1. The maximum atomic E-state index is 14.2. The molecule has 27 heavy (non-hydrogen) atoms. The van der Waals surface area contributed by atoms with Crippen LogP contribution in [0.5, 0.6) is 0 Å². The fourth-order valence-electron chi connectivity index (χ4n) is 2.96. The average Bonchev–Trinajstić information content (AvgIpc) is 2.66. The number of carbonyl (C=O) groups excluding carboxylic acids is 3. The summed E-state index contributed by atoms with van der Waals surface area (Å²) in [5, 5.41) is 10.9. The minimum Gasteiger partial charge on any atom is -0.544 e. The average molecular weight is 385 g/mol. The molecule has 0 amide bonds. The van der Waals surface area contributed by atoms with Crippen molar-refractivity contribution in [2.75, 3.05) is 13.9 Å². The fourth-order valence-corrected chi connectivity index (χ4v) is 2.96. The van der Waals surface area contributed by atoms with Crippen LogP contribution in [0.3, 0.4) is 0 Å². The second kappa shape index (κ2) is 8.43. The van der Waals surface area contributed by atoms with E-state index in [0.29, 0.717) is 19.3 Å². The summed E-state index contributed by atoms with van der Waals surface area (Å²) in [4.78, 5) is 34.9. The molecular formula is C18H19F2O7-. The summed E-state index contributed by atoms with van der Waals surface area (Å²) in [5.41, 5.74) is -2.43. The Labute approximate surface area is 154 Å². The molecule has 148 valence electrons. The Hall–Kier alpha value is -2.55. The molecule has 1 saturated carbocycles. The maximum absolute atomic E-state index is 14.2. The van der Waals surface area contributed by atoms with Gasteiger partial charge in [-0.25, -0.2) is 9.59 Å². The number of hydrogen-bond donors (Lipinski definition) is 0. The van der Waals surface area contributed by atoms with Gasteiger partial charge >= 0.3 is 17.9 Å². The van der Waals surface area contributed by atoms with Crippen molar-refractivity contribution in [1.82, 2.24) is 0 Å². The van der Waals surface area contributed by atoms with Crippen molar-refractivity contribution in [2.45, 2.75) is 43.6 Å². The SMILES string of the molecule is COCOC(=O)c1ccc(C(=O)OC2(C(F)(F)C(=O)[O-])CCCCC2)cc1. The van der Waals surface area contributed by atoms with Crippen LogP contribution in [0.25, 0.3) is 0 Å². The molecule has 0 bridgehead atoms. The van der Waals surface area contributed by atoms with Gasteiger partial charge in [-0.2, -0.15) is 8.78 Å². The normalized spacial score (nSPS) is 16.4. The number of methoxy groups -OCH3 is 1. The third kappa shape index (κ3) is 4.41. The highest BCUT2D eigenvalue weighted by molar-refractivity contribution is 5.93. The number of aliphatic carboxylic acids is 1. The molecule has 0 spiro atoms. The first-order valence-electron chi connectivity index (χ1n) is 8.32. The van der Waals surface area contributed by atoms with Gasteiger partial charge in [0.2, 0.25) is 0 Å². The van der Waals surface area contributed by atoms with Crippen LogP contribution in [0, 0.1) is 0 Å². The zero-order valence-electron chi connectivity index (χ0n) is 14.7. The van der Waals surface area contributed by atoms with Gasteiger partial charge in [-0.15, -0.1) is 0 Å². The third-order valence-electron chi connectivity index (χ3n) is 4.44. The highest BCUT2D eigenvalue weighted by Crippen LogP contribution is 2.43. The highest BCUT2D eigenvalue weighted by Gasteiger charge is 2.58. The molecule has 2 rings (SSSR count). The van der Waals surface area contributed by atoms with E-state index < -0.39 is 29.4 Å². The number of rotatable bonds is 7. The molecule has 0 unspecified atom stereocenters. The van der Waals surface area contributed by atoms with E-state index in [1.165, 1.54) is 31.4 Å². The second-order valence-electron chi connectivity index (χ2n) is 6.22. The molecule has 1 aliphatic carbocycles. The lowest BCUT2D eigenvalue weighted by molar-refractivity contribution is -0.345. The summed E-state index contributed by atoms with van der Waals surface area (Å²) >= 11 is 0. The minimum absolute atomic E-state index is 0.0996. The summed E-state index contributed by atoms with van der Waals surface area (Å²) in [6, 6.07) is 4.94. The van der Waals surface area contributed by atoms with Crippen molar-refractivity contribution >= 4 is 17.9 Å². The predicted molar refractivity (Wildman–Crippen MR) is 84.9 cm³/mol. The second-order valence-corrected chi connectivity index (χ2v) is 6.22. The van der Waals surface area contributed by atoms with Crippen LogP contribution >= 0.6 is 0 Å². The number of halogens is 2. The first-order chi connectivity index (χ1) is 12.7. The Morgan fingerprint density at radius 3 is 2.04 bits per heavy atom. The Bertz CT molecular complexity index is 694. The van der Waals surface area contributed by atoms with Gasteiger partial charge in [0.25, 0.3) is 0 Å². The molecule has 1 aromatic carbocycles. The van der Waals surface area contributed by atoms with Gasteiger partial charge in [0.15, 0.2) is 12.4 Å². The molecular weight excluding hydrogens is 366 g/mol. The molecule has 0 radical (unpaired) electrons. The lowest BCUT2D eigenvalue weighted by Crippen LogP contribution is -2.61. The van der Waals surface area contributed by atoms with Crippen LogP contribution in [0.4, 0.5) is 8.78 Å². The van der Waals surface area contributed by atoms with E-state index in [1.807, 2.05) is 0 Å². The van der Waals surface area contributed by atoms with Crippen LogP contribution in [0.1, 0.15) is 52.8 Å². The standard InChI is InChI=1S/C18H20F2O7/c1-25-11-26-14(21)12-5-7-13(8-6-12)15(22)27-17(9-3-2-4-10-17)18(19,20)16(23)24/h5-8H,2-4,9-11H2,1H3,(H,23,24)/p-1. The van der Waals surface area contributed by atoms with E-state index in [9.17, 15) is 28.3 Å². The van der Waals surface area contributed by atoms with Crippen molar-refractivity contribution in [3.8, 4) is 0 Å². The maximum Gasteiger partial charge on any atom is 0.340 e. The van der Waals surface area contributed by atoms with E-state index in [2.05, 4.69) is 4.74 Å². The summed E-state index contributed by atoms with van der Waals surface area (Å²) in [5.74, 6) is -8.68. The lowest BCUT2D eigenvalue weighted by Gasteiger charge is -2.42.